The summed E-state index contributed by atoms with van der Waals surface area (Å²) < 4.78 is 7.54. The van der Waals surface area contributed by atoms with Crippen molar-refractivity contribution in [1.29, 1.82) is 0 Å². The Bertz CT molecular complexity index is 1720. The molecular formula is C33H36ClN7O3. The third-order valence-electron chi connectivity index (χ3n) is 8.06. The molecule has 1 unspecified atom stereocenters. The number of nitrogens with one attached hydrogen (secondary N) is 2. The summed E-state index contributed by atoms with van der Waals surface area (Å²) in [5.41, 5.74) is 4.37. The summed E-state index contributed by atoms with van der Waals surface area (Å²) >= 11 is 5.75. The molecule has 1 fully saturated rings. The van der Waals surface area contributed by atoms with Gasteiger partial charge >= 0.3 is 6.09 Å². The topological polar surface area (TPSA) is 105 Å². The van der Waals surface area contributed by atoms with E-state index in [0.29, 0.717) is 49.3 Å². The van der Waals surface area contributed by atoms with Crippen LogP contribution in [-0.4, -0.2) is 59.2 Å². The molecule has 44 heavy (non-hydrogen) atoms. The Balaban J connectivity index is 1.38. The molecule has 2 aromatic carbocycles. The second-order valence-corrected chi connectivity index (χ2v) is 11.3. The van der Waals surface area contributed by atoms with Gasteiger partial charge in [0.1, 0.15) is 17.9 Å². The molecule has 1 amide bonds. The van der Waals surface area contributed by atoms with E-state index in [0.717, 1.165) is 47.3 Å². The minimum Gasteiger partial charge on any atom is -0.444 e. The maximum atomic E-state index is 14.4. The normalized spacial score (nSPS) is 16.7. The van der Waals surface area contributed by atoms with Crippen LogP contribution in [0.1, 0.15) is 30.0 Å². The molecule has 11 heteroatoms. The van der Waals surface area contributed by atoms with Crippen LogP contribution in [0, 0.1) is 6.92 Å². The van der Waals surface area contributed by atoms with Crippen molar-refractivity contribution in [2.45, 2.75) is 32.4 Å². The number of carbonyl (C=O) groups is 1. The molecule has 0 saturated carbocycles. The molecule has 2 aliphatic rings. The van der Waals surface area contributed by atoms with E-state index in [1.807, 2.05) is 83.1 Å². The number of rotatable bonds is 8. The van der Waals surface area contributed by atoms with Gasteiger partial charge in [-0.15, -0.1) is 11.6 Å². The molecule has 2 N–H and O–H groups in total. The molecule has 228 valence electrons. The molecule has 0 bridgehead atoms. The third-order valence-corrected chi connectivity index (χ3v) is 8.24. The van der Waals surface area contributed by atoms with Crippen LogP contribution in [0.4, 0.5) is 27.8 Å². The maximum absolute atomic E-state index is 14.4. The van der Waals surface area contributed by atoms with E-state index in [1.54, 1.807) is 11.1 Å². The highest BCUT2D eigenvalue weighted by molar-refractivity contribution is 6.18. The summed E-state index contributed by atoms with van der Waals surface area (Å²) in [6.07, 6.45) is 6.95. The lowest BCUT2D eigenvalue weighted by Crippen LogP contribution is -2.45. The number of halogens is 1. The Morgan fingerprint density at radius 3 is 2.80 bits per heavy atom. The van der Waals surface area contributed by atoms with Gasteiger partial charge in [-0.1, -0.05) is 54.6 Å². The van der Waals surface area contributed by atoms with Gasteiger partial charge in [-0.05, 0) is 49.6 Å². The average molecular weight is 614 g/mol. The number of anilines is 4. The van der Waals surface area contributed by atoms with Gasteiger partial charge in [-0.3, -0.25) is 14.3 Å². The van der Waals surface area contributed by atoms with Crippen molar-refractivity contribution in [2.75, 3.05) is 53.7 Å². The lowest BCUT2D eigenvalue weighted by molar-refractivity contribution is 0.147. The van der Waals surface area contributed by atoms with E-state index in [1.165, 1.54) is 0 Å². The number of alkyl halides is 1. The molecule has 2 aliphatic heterocycles. The highest BCUT2D eigenvalue weighted by Crippen LogP contribution is 2.40. The third kappa shape index (κ3) is 6.13. The van der Waals surface area contributed by atoms with Gasteiger partial charge in [-0.25, -0.2) is 9.78 Å². The van der Waals surface area contributed by atoms with Gasteiger partial charge in [0.15, 0.2) is 0 Å². The number of benzene rings is 2. The Kier molecular flexibility index (Phi) is 9.09. The number of para-hydroxylation sites is 1. The first-order chi connectivity index (χ1) is 21.5. The molecule has 0 radical (unpaired) electrons. The fourth-order valence-electron chi connectivity index (χ4n) is 5.95. The summed E-state index contributed by atoms with van der Waals surface area (Å²) in [7, 11) is 0. The number of aryl methyl sites for hydroxylation is 1. The van der Waals surface area contributed by atoms with E-state index >= 15 is 0 Å². The first-order valence-electron chi connectivity index (χ1n) is 15.0. The van der Waals surface area contributed by atoms with Crippen LogP contribution >= 0.6 is 11.6 Å². The first kappa shape index (κ1) is 29.7. The molecule has 1 saturated heterocycles. The number of ether oxygens (including phenoxy) is 1. The highest BCUT2D eigenvalue weighted by Gasteiger charge is 2.32. The second-order valence-electron chi connectivity index (χ2n) is 11.0. The predicted molar refractivity (Wildman–Crippen MR) is 175 cm³/mol. The van der Waals surface area contributed by atoms with Gasteiger partial charge < -0.3 is 20.3 Å². The van der Waals surface area contributed by atoms with Crippen LogP contribution < -0.4 is 26.0 Å². The molecular weight excluding hydrogens is 578 g/mol. The fraction of sp³-hybridized carbons (Fsp3) is 0.333. The zero-order valence-electron chi connectivity index (χ0n) is 24.7. The molecule has 1 atom stereocenters. The molecule has 0 spiro atoms. The van der Waals surface area contributed by atoms with Crippen LogP contribution in [0.25, 0.3) is 11.0 Å². The number of amides is 1. The van der Waals surface area contributed by atoms with Crippen LogP contribution in [0.3, 0.4) is 0 Å². The summed E-state index contributed by atoms with van der Waals surface area (Å²) in [5, 5.41) is 7.41. The summed E-state index contributed by atoms with van der Waals surface area (Å²) in [6.45, 7) is 5.08. The van der Waals surface area contributed by atoms with E-state index in [2.05, 4.69) is 15.6 Å². The zero-order chi connectivity index (χ0) is 30.5. The maximum Gasteiger partial charge on any atom is 0.414 e. The number of allylic oxidation sites excluding steroid dienone is 1. The Morgan fingerprint density at radius 2 is 2.00 bits per heavy atom. The van der Waals surface area contributed by atoms with Crippen LogP contribution in [-0.2, 0) is 11.3 Å². The lowest BCUT2D eigenvalue weighted by Gasteiger charge is -2.38. The molecule has 4 heterocycles. The molecule has 10 nitrogen and oxygen atoms in total. The SMILES string of the molecule is Cc1cccc2c1N(C(=O)OCc1ccccc1)CCN2c1cc2cnc(NC/C=C\CCl)nc2n(C2CCCNC2)c1=O. The zero-order valence-corrected chi connectivity index (χ0v) is 25.5. The molecule has 0 aliphatic carbocycles. The largest absolute Gasteiger partial charge is 0.444 e. The van der Waals surface area contributed by atoms with E-state index < -0.39 is 6.09 Å². The molecule has 4 aromatic rings. The summed E-state index contributed by atoms with van der Waals surface area (Å²) in [4.78, 5) is 40.8. The van der Waals surface area contributed by atoms with Crippen molar-refractivity contribution in [3.8, 4) is 0 Å². The monoisotopic (exact) mass is 613 g/mol. The predicted octanol–water partition coefficient (Wildman–Crippen LogP) is 5.53. The number of aromatic nitrogens is 3. The second kappa shape index (κ2) is 13.5. The number of piperidine rings is 1. The van der Waals surface area contributed by atoms with Gasteiger partial charge in [0.2, 0.25) is 5.95 Å². The smallest absolute Gasteiger partial charge is 0.414 e. The fourth-order valence-corrected chi connectivity index (χ4v) is 6.07. The van der Waals surface area contributed by atoms with Crippen molar-refractivity contribution in [1.82, 2.24) is 19.9 Å². The van der Waals surface area contributed by atoms with Crippen molar-refractivity contribution in [3.05, 3.63) is 94.4 Å². The Labute approximate surface area is 261 Å². The molecule has 6 rings (SSSR count). The Morgan fingerprint density at radius 1 is 1.14 bits per heavy atom. The summed E-state index contributed by atoms with van der Waals surface area (Å²) in [6, 6.07) is 17.3. The number of hydrogen-bond donors (Lipinski definition) is 2. The first-order valence-corrected chi connectivity index (χ1v) is 15.5. The van der Waals surface area contributed by atoms with Crippen LogP contribution in [0.2, 0.25) is 0 Å². The van der Waals surface area contributed by atoms with Gasteiger partial charge in [-0.2, -0.15) is 4.98 Å². The van der Waals surface area contributed by atoms with E-state index in [-0.39, 0.29) is 18.2 Å². The van der Waals surface area contributed by atoms with Crippen molar-refractivity contribution < 1.29 is 9.53 Å². The van der Waals surface area contributed by atoms with Crippen molar-refractivity contribution in [2.24, 2.45) is 0 Å². The van der Waals surface area contributed by atoms with Crippen molar-refractivity contribution in [3.63, 3.8) is 0 Å². The highest BCUT2D eigenvalue weighted by atomic mass is 35.5. The minimum absolute atomic E-state index is 0.0520. The van der Waals surface area contributed by atoms with Gasteiger partial charge in [0, 0.05) is 43.6 Å². The number of nitrogens with zero attached hydrogens (tertiary/aromatic N) is 5. The average Bonchev–Trinajstić information content (AvgIpc) is 3.06. The number of hydrogen-bond acceptors (Lipinski definition) is 8. The quantitative estimate of drug-likeness (QED) is 0.198. The lowest BCUT2D eigenvalue weighted by atomic mass is 10.1. The number of fused-ring (bicyclic) bond motifs is 2. The minimum atomic E-state index is -0.414. The molecule has 2 aromatic heterocycles. The van der Waals surface area contributed by atoms with E-state index in [9.17, 15) is 9.59 Å². The standard InChI is InChI=1S/C33H36ClN7O3/c1-23-9-7-13-27-29(23)40(33(43)44-22-24-10-3-2-4-11-24)18-17-39(27)28-19-25-20-37-32(36-16-6-5-14-34)38-30(25)41(31(28)42)26-12-8-15-35-21-26/h2-7,9-11,13,19-20,26,35H,8,12,14-18,21-22H2,1H3,(H,36,37,38)/b6-5-. The van der Waals surface area contributed by atoms with Gasteiger partial charge in [0.25, 0.3) is 5.56 Å². The summed E-state index contributed by atoms with van der Waals surface area (Å²) in [5.74, 6) is 0.883. The number of pyridine rings is 1. The van der Waals surface area contributed by atoms with Gasteiger partial charge in [0.05, 0.1) is 17.4 Å². The van der Waals surface area contributed by atoms with E-state index in [4.69, 9.17) is 21.3 Å². The van der Waals surface area contributed by atoms with Crippen molar-refractivity contribution >= 4 is 51.7 Å². The van der Waals surface area contributed by atoms with Crippen LogP contribution in [0.15, 0.2) is 77.7 Å². The Hall–Kier alpha value is -4.41. The van der Waals surface area contributed by atoms with Crippen LogP contribution in [0.5, 0.6) is 0 Å². The number of carbonyl (C=O) groups excluding carboxylic acids is 1.